The third-order valence-electron chi connectivity index (χ3n) is 4.62. The fourth-order valence-electron chi connectivity index (χ4n) is 3.44. The average molecular weight is 353 g/mol. The number of aromatic nitrogens is 1. The second-order valence-electron chi connectivity index (χ2n) is 6.72. The van der Waals surface area contributed by atoms with Crippen molar-refractivity contribution in [3.05, 3.63) is 81.3 Å². The van der Waals surface area contributed by atoms with Gasteiger partial charge in [0.15, 0.2) is 11.6 Å². The Labute approximate surface area is 148 Å². The number of fused-ring (bicyclic) bond motifs is 2. The van der Waals surface area contributed by atoms with Crippen LogP contribution in [0.15, 0.2) is 51.7 Å². The molecule has 1 N–H and O–H groups in total. The molecule has 0 amide bonds. The molecule has 26 heavy (non-hydrogen) atoms. The van der Waals surface area contributed by atoms with E-state index in [1.807, 2.05) is 38.1 Å². The first kappa shape index (κ1) is 16.5. The molecule has 0 radical (unpaired) electrons. The van der Waals surface area contributed by atoms with Gasteiger partial charge in [0.2, 0.25) is 5.56 Å². The summed E-state index contributed by atoms with van der Waals surface area (Å²) in [6, 6.07) is 11.7. The molecule has 5 heteroatoms. The van der Waals surface area contributed by atoms with E-state index < -0.39 is 17.2 Å². The standard InChI is InChI=1S/C21H17F2NO2/c1-11(2)21-15(14-5-3-4-6-17(14)26-21)9-12-10-18(25)24-20-13(12)7-8-16(22)19(20)23/h3-8,10-11H,9H2,1-2H3,(H,24,25). The van der Waals surface area contributed by atoms with Crippen molar-refractivity contribution in [2.75, 3.05) is 0 Å². The third kappa shape index (κ3) is 2.60. The van der Waals surface area contributed by atoms with Gasteiger partial charge in [0, 0.05) is 34.7 Å². The normalized spacial score (nSPS) is 11.7. The van der Waals surface area contributed by atoms with Crippen molar-refractivity contribution in [2.45, 2.75) is 26.2 Å². The summed E-state index contributed by atoms with van der Waals surface area (Å²) in [5.74, 6) is -1.04. The zero-order valence-electron chi connectivity index (χ0n) is 14.4. The summed E-state index contributed by atoms with van der Waals surface area (Å²) >= 11 is 0. The molecule has 4 rings (SSSR count). The molecule has 2 heterocycles. The lowest BCUT2D eigenvalue weighted by molar-refractivity contribution is 0.514. The molecule has 132 valence electrons. The second-order valence-corrected chi connectivity index (χ2v) is 6.72. The van der Waals surface area contributed by atoms with Crippen molar-refractivity contribution >= 4 is 21.9 Å². The SMILES string of the molecule is CC(C)c1oc2ccccc2c1Cc1cc(=O)[nH]c2c(F)c(F)ccc12. The number of hydrogen-bond acceptors (Lipinski definition) is 2. The van der Waals surface area contributed by atoms with Crippen LogP contribution in [0.4, 0.5) is 8.78 Å². The topological polar surface area (TPSA) is 46.0 Å². The van der Waals surface area contributed by atoms with Crippen LogP contribution < -0.4 is 5.56 Å². The largest absolute Gasteiger partial charge is 0.460 e. The van der Waals surface area contributed by atoms with Gasteiger partial charge >= 0.3 is 0 Å². The van der Waals surface area contributed by atoms with E-state index in [2.05, 4.69) is 4.98 Å². The smallest absolute Gasteiger partial charge is 0.248 e. The molecule has 0 aliphatic rings. The monoisotopic (exact) mass is 353 g/mol. The molecule has 2 aromatic heterocycles. The van der Waals surface area contributed by atoms with E-state index in [-0.39, 0.29) is 11.4 Å². The van der Waals surface area contributed by atoms with Gasteiger partial charge in [-0.15, -0.1) is 0 Å². The van der Waals surface area contributed by atoms with Crippen molar-refractivity contribution in [1.29, 1.82) is 0 Å². The molecule has 2 aromatic carbocycles. The van der Waals surface area contributed by atoms with Crippen molar-refractivity contribution in [2.24, 2.45) is 0 Å². The van der Waals surface area contributed by atoms with Crippen LogP contribution in [-0.4, -0.2) is 4.98 Å². The van der Waals surface area contributed by atoms with Crippen LogP contribution in [0.5, 0.6) is 0 Å². The minimum atomic E-state index is -1.04. The number of pyridine rings is 1. The van der Waals surface area contributed by atoms with Crippen LogP contribution in [0, 0.1) is 11.6 Å². The molecule has 3 nitrogen and oxygen atoms in total. The van der Waals surface area contributed by atoms with Gasteiger partial charge in [-0.1, -0.05) is 32.0 Å². The molecule has 0 fully saturated rings. The van der Waals surface area contributed by atoms with E-state index in [1.54, 1.807) is 0 Å². The van der Waals surface area contributed by atoms with Gasteiger partial charge in [0.05, 0.1) is 5.52 Å². The van der Waals surface area contributed by atoms with Crippen LogP contribution in [0.3, 0.4) is 0 Å². The molecule has 4 aromatic rings. The number of rotatable bonds is 3. The predicted octanol–water partition coefficient (Wildman–Crippen LogP) is 5.27. The highest BCUT2D eigenvalue weighted by Gasteiger charge is 2.19. The molecule has 0 bridgehead atoms. The number of H-pyrrole nitrogens is 1. The van der Waals surface area contributed by atoms with Crippen LogP contribution >= 0.6 is 0 Å². The lowest BCUT2D eigenvalue weighted by atomic mass is 9.95. The zero-order chi connectivity index (χ0) is 18.4. The fourth-order valence-corrected chi connectivity index (χ4v) is 3.44. The first-order valence-corrected chi connectivity index (χ1v) is 8.46. The summed E-state index contributed by atoms with van der Waals surface area (Å²) in [6.07, 6.45) is 0.399. The van der Waals surface area contributed by atoms with E-state index >= 15 is 0 Å². The minimum Gasteiger partial charge on any atom is -0.460 e. The van der Waals surface area contributed by atoms with Crippen LogP contribution in [-0.2, 0) is 6.42 Å². The molecule has 0 saturated heterocycles. The Morgan fingerprint density at radius 3 is 2.62 bits per heavy atom. The third-order valence-corrected chi connectivity index (χ3v) is 4.62. The van der Waals surface area contributed by atoms with Gasteiger partial charge in [0.25, 0.3) is 0 Å². The van der Waals surface area contributed by atoms with Crippen LogP contribution in [0.1, 0.15) is 36.7 Å². The number of halogens is 2. The van der Waals surface area contributed by atoms with E-state index in [4.69, 9.17) is 4.42 Å². The molecule has 0 atom stereocenters. The number of aromatic amines is 1. The molecule has 0 aliphatic carbocycles. The summed E-state index contributed by atoms with van der Waals surface area (Å²) in [7, 11) is 0. The van der Waals surface area contributed by atoms with E-state index in [0.717, 1.165) is 28.4 Å². The Hall–Kier alpha value is -2.95. The highest BCUT2D eigenvalue weighted by Crippen LogP contribution is 2.33. The van der Waals surface area contributed by atoms with Gasteiger partial charge in [-0.3, -0.25) is 4.79 Å². The lowest BCUT2D eigenvalue weighted by Gasteiger charge is -2.10. The lowest BCUT2D eigenvalue weighted by Crippen LogP contribution is -2.09. The summed E-state index contributed by atoms with van der Waals surface area (Å²) in [5.41, 5.74) is 1.81. The number of nitrogens with one attached hydrogen (secondary N) is 1. The van der Waals surface area contributed by atoms with Crippen LogP contribution in [0.2, 0.25) is 0 Å². The minimum absolute atomic E-state index is 0.105. The molecule has 0 unspecified atom stereocenters. The Morgan fingerprint density at radius 2 is 1.85 bits per heavy atom. The van der Waals surface area contributed by atoms with Crippen molar-refractivity contribution < 1.29 is 13.2 Å². The van der Waals surface area contributed by atoms with Gasteiger partial charge in [-0.05, 0) is 23.8 Å². The maximum Gasteiger partial charge on any atom is 0.248 e. The summed E-state index contributed by atoms with van der Waals surface area (Å²) < 4.78 is 33.7. The predicted molar refractivity (Wildman–Crippen MR) is 97.6 cm³/mol. The highest BCUT2D eigenvalue weighted by molar-refractivity contribution is 5.86. The molecule has 0 aliphatic heterocycles. The molecular weight excluding hydrogens is 336 g/mol. The first-order valence-electron chi connectivity index (χ1n) is 8.46. The zero-order valence-corrected chi connectivity index (χ0v) is 14.4. The Kier molecular flexibility index (Phi) is 3.87. The molecule has 0 spiro atoms. The number of para-hydroxylation sites is 1. The highest BCUT2D eigenvalue weighted by atomic mass is 19.2. The van der Waals surface area contributed by atoms with E-state index in [0.29, 0.717) is 17.4 Å². The number of benzene rings is 2. The van der Waals surface area contributed by atoms with Gasteiger partial charge in [-0.25, -0.2) is 8.78 Å². The van der Waals surface area contributed by atoms with Gasteiger partial charge < -0.3 is 9.40 Å². The van der Waals surface area contributed by atoms with Crippen LogP contribution in [0.25, 0.3) is 21.9 Å². The maximum absolute atomic E-state index is 14.1. The number of furan rings is 1. The summed E-state index contributed by atoms with van der Waals surface area (Å²) in [4.78, 5) is 14.4. The summed E-state index contributed by atoms with van der Waals surface area (Å²) in [6.45, 7) is 4.07. The van der Waals surface area contributed by atoms with Crippen molar-refractivity contribution in [3.8, 4) is 0 Å². The quantitative estimate of drug-likeness (QED) is 0.546. The molecular formula is C21H17F2NO2. The number of hydrogen-bond donors (Lipinski definition) is 1. The van der Waals surface area contributed by atoms with Crippen molar-refractivity contribution in [3.63, 3.8) is 0 Å². The van der Waals surface area contributed by atoms with E-state index in [1.165, 1.54) is 12.1 Å². The Bertz CT molecular complexity index is 1190. The summed E-state index contributed by atoms with van der Waals surface area (Å²) in [5, 5.41) is 1.45. The first-order chi connectivity index (χ1) is 12.5. The van der Waals surface area contributed by atoms with E-state index in [9.17, 15) is 13.6 Å². The average Bonchev–Trinajstić information content (AvgIpc) is 2.97. The Balaban J connectivity index is 1.96. The Morgan fingerprint density at radius 1 is 1.08 bits per heavy atom. The maximum atomic E-state index is 14.1. The van der Waals surface area contributed by atoms with Gasteiger partial charge in [0.1, 0.15) is 11.3 Å². The fraction of sp³-hybridized carbons (Fsp3) is 0.190. The van der Waals surface area contributed by atoms with Crippen molar-refractivity contribution in [1.82, 2.24) is 4.98 Å². The second kappa shape index (κ2) is 6.09. The van der Waals surface area contributed by atoms with Gasteiger partial charge in [-0.2, -0.15) is 0 Å². The molecule has 0 saturated carbocycles.